The summed E-state index contributed by atoms with van der Waals surface area (Å²) in [5.41, 5.74) is 0. The van der Waals surface area contributed by atoms with Crippen molar-refractivity contribution in [3.63, 3.8) is 0 Å². The fraction of sp³-hybridized carbons (Fsp3) is 0.923. The van der Waals surface area contributed by atoms with E-state index < -0.39 is 12.3 Å². The lowest BCUT2D eigenvalue weighted by Crippen LogP contribution is -2.09. The molecule has 5 heteroatoms. The van der Waals surface area contributed by atoms with E-state index in [1.165, 1.54) is 14.0 Å². The molecule has 5 nitrogen and oxygen atoms in total. The first-order valence-corrected chi connectivity index (χ1v) is 4.43. The topological polar surface area (TPSA) is 76.0 Å². The van der Waals surface area contributed by atoms with Gasteiger partial charge in [0.15, 0.2) is 0 Å². The minimum atomic E-state index is -0.608. The molecule has 2 N–H and O–H groups in total. The molecule has 0 aromatic carbocycles. The molecule has 0 radical (unpaired) electrons. The van der Waals surface area contributed by atoms with Crippen molar-refractivity contribution in [1.82, 2.24) is 0 Å². The first-order chi connectivity index (χ1) is 6.43. The van der Waals surface area contributed by atoms with Crippen molar-refractivity contribution in [1.29, 1.82) is 0 Å². The second-order valence-corrected chi connectivity index (χ2v) is 3.19. The summed E-state index contributed by atoms with van der Waals surface area (Å²) in [4.78, 5) is 10.3. The number of hydrogen-bond donors (Lipinski definition) is 2. The molecule has 0 aliphatic heterocycles. The molecule has 0 aromatic rings. The van der Waals surface area contributed by atoms with Crippen molar-refractivity contribution in [3.8, 4) is 0 Å². The van der Waals surface area contributed by atoms with Crippen LogP contribution in [0, 0.1) is 5.92 Å². The zero-order valence-electron chi connectivity index (χ0n) is 9.19. The molecule has 0 bridgehead atoms. The normalized spacial score (nSPS) is 8.83. The summed E-state index contributed by atoms with van der Waals surface area (Å²) in [6, 6.07) is 0. The minimum absolute atomic E-state index is 0. The van der Waals surface area contributed by atoms with Gasteiger partial charge in [-0.2, -0.15) is 0 Å². The molecule has 0 amide bonds. The van der Waals surface area contributed by atoms with Crippen molar-refractivity contribution in [2.24, 2.45) is 5.92 Å². The Kier molecular flexibility index (Phi) is 50.3. The quantitative estimate of drug-likeness (QED) is 0.771. The number of carbonyl (C=O) groups excluding carboxylic acids is 1. The molecule has 0 aliphatic carbocycles. The van der Waals surface area contributed by atoms with E-state index in [1.54, 1.807) is 0 Å². The average Bonchev–Trinajstić information content (AvgIpc) is 2.14. The van der Waals surface area contributed by atoms with Crippen LogP contribution in [0.5, 0.6) is 0 Å². The van der Waals surface area contributed by atoms with Gasteiger partial charge in [0.25, 0.3) is 0 Å². The van der Waals surface area contributed by atoms with Gasteiger partial charge in [-0.15, -0.1) is 0 Å². The van der Waals surface area contributed by atoms with E-state index >= 15 is 0 Å². The van der Waals surface area contributed by atoms with Crippen LogP contribution in [0.15, 0.2) is 0 Å². The molecule has 18 heavy (non-hydrogen) atoms. The zero-order valence-corrected chi connectivity index (χ0v) is 9.19. The number of methoxy groups -OCH3 is 1. The molecule has 118 valence electrons. The van der Waals surface area contributed by atoms with Gasteiger partial charge in [0.1, 0.15) is 0 Å². The Morgan fingerprint density at radius 1 is 1.11 bits per heavy atom. The third-order valence-corrected chi connectivity index (χ3v) is 0.965. The Hall–Kier alpha value is -0.810. The summed E-state index contributed by atoms with van der Waals surface area (Å²) in [7, 11) is 1.29. The number of ether oxygens (including phenoxy) is 2. The van der Waals surface area contributed by atoms with Crippen LogP contribution in [0.2, 0.25) is 0 Å². The van der Waals surface area contributed by atoms with Gasteiger partial charge in [0.05, 0.1) is 26.4 Å². The Morgan fingerprint density at radius 2 is 1.44 bits per heavy atom. The van der Waals surface area contributed by atoms with E-state index in [9.17, 15) is 4.79 Å². The monoisotopic (exact) mass is 272 g/mol. The molecular formula is C13H36O5. The van der Waals surface area contributed by atoms with Gasteiger partial charge in [0.2, 0.25) is 0 Å². The molecule has 0 fully saturated rings. The number of aliphatic hydroxyl groups excluding tert-OH is 2. The van der Waals surface area contributed by atoms with Crippen LogP contribution in [0.4, 0.5) is 4.79 Å². The highest BCUT2D eigenvalue weighted by atomic mass is 16.7. The third-order valence-electron chi connectivity index (χ3n) is 0.965. The summed E-state index contributed by atoms with van der Waals surface area (Å²) in [5.74, 6) is 0.365. The SMILES string of the molecule is C.C.C.C.CC(O)CO.COC(=O)OCC(C)C. The summed E-state index contributed by atoms with van der Waals surface area (Å²) in [6.45, 7) is 5.73. The van der Waals surface area contributed by atoms with Crippen LogP contribution >= 0.6 is 0 Å². The predicted molar refractivity (Wildman–Crippen MR) is 78.9 cm³/mol. The van der Waals surface area contributed by atoms with Gasteiger partial charge in [-0.1, -0.05) is 43.6 Å². The summed E-state index contributed by atoms with van der Waals surface area (Å²) >= 11 is 0. The molecule has 0 saturated heterocycles. The fourth-order valence-corrected chi connectivity index (χ4v) is 0.294. The van der Waals surface area contributed by atoms with E-state index in [0.717, 1.165) is 0 Å². The highest BCUT2D eigenvalue weighted by Crippen LogP contribution is 1.93. The van der Waals surface area contributed by atoms with Crippen LogP contribution in [0.1, 0.15) is 50.5 Å². The summed E-state index contributed by atoms with van der Waals surface area (Å²) < 4.78 is 8.83. The molecular weight excluding hydrogens is 236 g/mol. The van der Waals surface area contributed by atoms with Crippen LogP contribution in [0.25, 0.3) is 0 Å². The Balaban J connectivity index is -0.0000000359. The molecule has 0 saturated carbocycles. The smallest absolute Gasteiger partial charge is 0.438 e. The Labute approximate surface area is 114 Å². The van der Waals surface area contributed by atoms with E-state index in [2.05, 4.69) is 9.47 Å². The predicted octanol–water partition coefficient (Wildman–Crippen LogP) is 3.33. The van der Waals surface area contributed by atoms with Crippen LogP contribution < -0.4 is 0 Å². The van der Waals surface area contributed by atoms with Crippen molar-refractivity contribution in [2.75, 3.05) is 20.3 Å². The summed E-state index contributed by atoms with van der Waals surface area (Å²) in [6.07, 6.45) is -1.17. The standard InChI is InChI=1S/C6H12O3.C3H8O2.4CH4/c1-5(2)4-9-6(7)8-3;1-3(5)2-4;;;;/h5H,4H2,1-3H3;3-5H,2H2,1H3;4*1H4. The van der Waals surface area contributed by atoms with Crippen LogP contribution in [-0.4, -0.2) is 42.8 Å². The third kappa shape index (κ3) is 45.6. The van der Waals surface area contributed by atoms with Crippen molar-refractivity contribution >= 4 is 6.16 Å². The maximum absolute atomic E-state index is 10.3. The molecule has 0 aromatic heterocycles. The lowest BCUT2D eigenvalue weighted by atomic mass is 10.2. The van der Waals surface area contributed by atoms with E-state index in [-0.39, 0.29) is 36.3 Å². The molecule has 0 aliphatic rings. The fourth-order valence-electron chi connectivity index (χ4n) is 0.294. The maximum Gasteiger partial charge on any atom is 0.507 e. The Morgan fingerprint density at radius 3 is 1.61 bits per heavy atom. The molecule has 0 spiro atoms. The number of carbonyl (C=O) groups is 1. The molecule has 0 rings (SSSR count). The zero-order chi connectivity index (χ0) is 11.6. The first kappa shape index (κ1) is 36.0. The van der Waals surface area contributed by atoms with Gasteiger partial charge in [-0.3, -0.25) is 0 Å². The molecule has 0 heterocycles. The lowest BCUT2D eigenvalue weighted by molar-refractivity contribution is 0.0638. The Bertz CT molecular complexity index is 135. The second-order valence-electron chi connectivity index (χ2n) is 3.19. The molecule has 1 atom stereocenters. The van der Waals surface area contributed by atoms with E-state index in [0.29, 0.717) is 12.5 Å². The molecule has 1 unspecified atom stereocenters. The minimum Gasteiger partial charge on any atom is -0.438 e. The second kappa shape index (κ2) is 25.1. The van der Waals surface area contributed by atoms with E-state index in [4.69, 9.17) is 10.2 Å². The first-order valence-electron chi connectivity index (χ1n) is 4.43. The van der Waals surface area contributed by atoms with Crippen LogP contribution in [-0.2, 0) is 9.47 Å². The van der Waals surface area contributed by atoms with E-state index in [1.807, 2.05) is 13.8 Å². The van der Waals surface area contributed by atoms with Gasteiger partial charge >= 0.3 is 6.16 Å². The van der Waals surface area contributed by atoms with Gasteiger partial charge < -0.3 is 19.7 Å². The average molecular weight is 272 g/mol. The van der Waals surface area contributed by atoms with Crippen molar-refractivity contribution < 1.29 is 24.5 Å². The number of hydrogen-bond acceptors (Lipinski definition) is 5. The highest BCUT2D eigenvalue weighted by molar-refractivity contribution is 5.59. The number of rotatable bonds is 3. The van der Waals surface area contributed by atoms with Gasteiger partial charge in [0, 0.05) is 0 Å². The van der Waals surface area contributed by atoms with Crippen LogP contribution in [0.3, 0.4) is 0 Å². The summed E-state index contributed by atoms with van der Waals surface area (Å²) in [5, 5.41) is 16.0. The lowest BCUT2D eigenvalue weighted by Gasteiger charge is -2.03. The highest BCUT2D eigenvalue weighted by Gasteiger charge is 2.00. The number of aliphatic hydroxyl groups is 2. The van der Waals surface area contributed by atoms with Gasteiger partial charge in [-0.05, 0) is 12.8 Å². The van der Waals surface area contributed by atoms with Crippen molar-refractivity contribution in [3.05, 3.63) is 0 Å². The maximum atomic E-state index is 10.3. The van der Waals surface area contributed by atoms with Gasteiger partial charge in [-0.25, -0.2) is 4.79 Å². The van der Waals surface area contributed by atoms with Crippen molar-refractivity contribution in [2.45, 2.75) is 56.6 Å². The largest absolute Gasteiger partial charge is 0.507 e.